The summed E-state index contributed by atoms with van der Waals surface area (Å²) < 4.78 is 2.02. The Labute approximate surface area is 172 Å². The van der Waals surface area contributed by atoms with Crippen LogP contribution in [-0.2, 0) is 18.4 Å². The fraction of sp³-hybridized carbons (Fsp3) is 0.455. The lowest BCUT2D eigenvalue weighted by Gasteiger charge is -2.30. The lowest BCUT2D eigenvalue weighted by atomic mass is 10.1. The maximum Gasteiger partial charge on any atom is 0.254 e. The molecule has 28 heavy (non-hydrogen) atoms. The highest BCUT2D eigenvalue weighted by Gasteiger charge is 2.24. The minimum atomic E-state index is -0.158. The fourth-order valence-corrected chi connectivity index (χ4v) is 3.12. The maximum absolute atomic E-state index is 13.1. The first-order valence-electron chi connectivity index (χ1n) is 9.78. The molecule has 0 spiro atoms. The Morgan fingerprint density at radius 1 is 1.14 bits per heavy atom. The number of unbranched alkanes of at least 4 members (excludes halogenated alkanes) is 1. The fourth-order valence-electron chi connectivity index (χ4n) is 2.99. The summed E-state index contributed by atoms with van der Waals surface area (Å²) in [6, 6.07) is 10.7. The highest BCUT2D eigenvalue weighted by Crippen LogP contribution is 2.14. The Hall–Kier alpha value is -2.27. The molecule has 0 aliphatic rings. The third-order valence-corrected chi connectivity index (χ3v) is 5.07. The van der Waals surface area contributed by atoms with E-state index in [1.807, 2.05) is 48.7 Å². The quantitative estimate of drug-likeness (QED) is 0.624. The average Bonchev–Trinajstić information content (AvgIpc) is 3.07. The number of aryl methyl sites for hydroxylation is 1. The van der Waals surface area contributed by atoms with Gasteiger partial charge in [-0.1, -0.05) is 24.9 Å². The van der Waals surface area contributed by atoms with Crippen molar-refractivity contribution in [3.05, 3.63) is 58.9 Å². The molecule has 0 aliphatic heterocycles. The van der Waals surface area contributed by atoms with Crippen LogP contribution in [0.1, 0.15) is 49.7 Å². The van der Waals surface area contributed by atoms with Gasteiger partial charge in [0.15, 0.2) is 0 Å². The number of carbonyl (C=O) groups excluding carboxylic acids is 2. The van der Waals surface area contributed by atoms with Crippen molar-refractivity contribution in [2.75, 3.05) is 13.1 Å². The third kappa shape index (κ3) is 5.86. The molecule has 2 rings (SSSR count). The summed E-state index contributed by atoms with van der Waals surface area (Å²) in [6.45, 7) is 7.25. The first-order valence-corrected chi connectivity index (χ1v) is 10.2. The Morgan fingerprint density at radius 3 is 2.36 bits per heavy atom. The summed E-state index contributed by atoms with van der Waals surface area (Å²) in [5, 5.41) is 0.581. The van der Waals surface area contributed by atoms with E-state index < -0.39 is 0 Å². The standard InChI is InChI=1S/C22H30ClN3O2/c1-5-6-14-25(15-20-8-7-13-24(20)4)21(27)16-26(17(2)3)22(28)18-9-11-19(23)12-10-18/h7-13,17H,5-6,14-16H2,1-4H3. The summed E-state index contributed by atoms with van der Waals surface area (Å²) in [7, 11) is 1.97. The molecule has 2 amide bonds. The molecular formula is C22H30ClN3O2. The van der Waals surface area contributed by atoms with E-state index in [2.05, 4.69) is 6.92 Å². The molecule has 0 fully saturated rings. The molecule has 0 saturated carbocycles. The van der Waals surface area contributed by atoms with E-state index in [1.165, 1.54) is 0 Å². The molecule has 0 N–H and O–H groups in total. The SMILES string of the molecule is CCCCN(Cc1cccn1C)C(=O)CN(C(=O)c1ccc(Cl)cc1)C(C)C. The molecule has 5 nitrogen and oxygen atoms in total. The van der Waals surface area contributed by atoms with Gasteiger partial charge in [-0.25, -0.2) is 0 Å². The first kappa shape index (κ1) is 22.0. The monoisotopic (exact) mass is 403 g/mol. The zero-order chi connectivity index (χ0) is 20.7. The van der Waals surface area contributed by atoms with Crippen LogP contribution in [0.15, 0.2) is 42.6 Å². The summed E-state index contributed by atoms with van der Waals surface area (Å²) >= 11 is 5.93. The van der Waals surface area contributed by atoms with Crippen molar-refractivity contribution < 1.29 is 9.59 Å². The van der Waals surface area contributed by atoms with E-state index in [0.717, 1.165) is 18.5 Å². The summed E-state index contributed by atoms with van der Waals surface area (Å²) in [5.41, 5.74) is 1.61. The van der Waals surface area contributed by atoms with Gasteiger partial charge < -0.3 is 14.4 Å². The number of hydrogen-bond acceptors (Lipinski definition) is 2. The minimum absolute atomic E-state index is 0.0364. The van der Waals surface area contributed by atoms with Gasteiger partial charge in [0.25, 0.3) is 5.91 Å². The Morgan fingerprint density at radius 2 is 1.82 bits per heavy atom. The number of halogens is 1. The summed E-state index contributed by atoms with van der Waals surface area (Å²) in [4.78, 5) is 29.5. The first-order chi connectivity index (χ1) is 13.3. The number of hydrogen-bond donors (Lipinski definition) is 0. The summed E-state index contributed by atoms with van der Waals surface area (Å²) in [6.07, 6.45) is 3.92. The second-order valence-corrected chi connectivity index (χ2v) is 7.75. The number of carbonyl (C=O) groups is 2. The number of rotatable bonds is 9. The maximum atomic E-state index is 13.1. The number of nitrogens with zero attached hydrogens (tertiary/aromatic N) is 3. The van der Waals surface area contributed by atoms with Crippen LogP contribution in [0.4, 0.5) is 0 Å². The summed E-state index contributed by atoms with van der Waals surface area (Å²) in [5.74, 6) is -0.194. The molecule has 1 aromatic carbocycles. The molecule has 0 atom stereocenters. The second kappa shape index (κ2) is 10.3. The topological polar surface area (TPSA) is 45.6 Å². The molecule has 1 aromatic heterocycles. The molecule has 0 radical (unpaired) electrons. The highest BCUT2D eigenvalue weighted by molar-refractivity contribution is 6.30. The predicted octanol–water partition coefficient (Wildman–Crippen LogP) is 4.36. The molecule has 0 aliphatic carbocycles. The van der Waals surface area contributed by atoms with Crippen molar-refractivity contribution in [1.29, 1.82) is 0 Å². The van der Waals surface area contributed by atoms with Gasteiger partial charge in [-0.15, -0.1) is 0 Å². The smallest absolute Gasteiger partial charge is 0.254 e. The van der Waals surface area contributed by atoms with Crippen molar-refractivity contribution in [3.8, 4) is 0 Å². The predicted molar refractivity (Wildman–Crippen MR) is 113 cm³/mol. The minimum Gasteiger partial charge on any atom is -0.353 e. The van der Waals surface area contributed by atoms with Crippen LogP contribution in [0, 0.1) is 0 Å². The average molecular weight is 404 g/mol. The number of amides is 2. The largest absolute Gasteiger partial charge is 0.353 e. The molecule has 0 unspecified atom stereocenters. The van der Waals surface area contributed by atoms with Crippen LogP contribution in [-0.4, -0.2) is 45.3 Å². The second-order valence-electron chi connectivity index (χ2n) is 7.31. The molecule has 1 heterocycles. The van der Waals surface area contributed by atoms with E-state index in [-0.39, 0.29) is 24.4 Å². The van der Waals surface area contributed by atoms with Crippen LogP contribution >= 0.6 is 11.6 Å². The normalized spacial score (nSPS) is 10.9. The molecule has 0 saturated heterocycles. The van der Waals surface area contributed by atoms with Crippen molar-refractivity contribution in [2.24, 2.45) is 7.05 Å². The van der Waals surface area contributed by atoms with Gasteiger partial charge in [0, 0.05) is 42.1 Å². The van der Waals surface area contributed by atoms with Gasteiger partial charge in [-0.05, 0) is 56.7 Å². The van der Waals surface area contributed by atoms with Crippen LogP contribution in [0.25, 0.3) is 0 Å². The molecule has 152 valence electrons. The van der Waals surface area contributed by atoms with Gasteiger partial charge in [-0.3, -0.25) is 9.59 Å². The van der Waals surface area contributed by atoms with Crippen molar-refractivity contribution in [3.63, 3.8) is 0 Å². The van der Waals surface area contributed by atoms with E-state index in [9.17, 15) is 9.59 Å². The lowest BCUT2D eigenvalue weighted by Crippen LogP contribution is -2.46. The zero-order valence-corrected chi connectivity index (χ0v) is 17.9. The van der Waals surface area contributed by atoms with Crippen molar-refractivity contribution >= 4 is 23.4 Å². The van der Waals surface area contributed by atoms with Gasteiger partial charge in [0.05, 0.1) is 6.54 Å². The van der Waals surface area contributed by atoms with E-state index in [4.69, 9.17) is 11.6 Å². The van der Waals surface area contributed by atoms with Crippen LogP contribution in [0.2, 0.25) is 5.02 Å². The third-order valence-electron chi connectivity index (χ3n) is 4.82. The van der Waals surface area contributed by atoms with E-state index >= 15 is 0 Å². The molecule has 2 aromatic rings. The Bertz CT molecular complexity index is 783. The van der Waals surface area contributed by atoms with Gasteiger partial charge >= 0.3 is 0 Å². The van der Waals surface area contributed by atoms with Gasteiger partial charge in [0.2, 0.25) is 5.91 Å². The number of benzene rings is 1. The van der Waals surface area contributed by atoms with E-state index in [1.54, 1.807) is 29.2 Å². The van der Waals surface area contributed by atoms with Crippen LogP contribution < -0.4 is 0 Å². The van der Waals surface area contributed by atoms with Crippen LogP contribution in [0.5, 0.6) is 0 Å². The zero-order valence-electron chi connectivity index (χ0n) is 17.2. The van der Waals surface area contributed by atoms with Crippen LogP contribution in [0.3, 0.4) is 0 Å². The Balaban J connectivity index is 2.15. The van der Waals surface area contributed by atoms with E-state index in [0.29, 0.717) is 23.7 Å². The number of aromatic nitrogens is 1. The van der Waals surface area contributed by atoms with Gasteiger partial charge in [-0.2, -0.15) is 0 Å². The van der Waals surface area contributed by atoms with Gasteiger partial charge in [0.1, 0.15) is 6.54 Å². The van der Waals surface area contributed by atoms with Crippen molar-refractivity contribution in [2.45, 2.75) is 46.2 Å². The lowest BCUT2D eigenvalue weighted by molar-refractivity contribution is -0.133. The van der Waals surface area contributed by atoms with Crippen molar-refractivity contribution in [1.82, 2.24) is 14.4 Å². The molecule has 0 bridgehead atoms. The highest BCUT2D eigenvalue weighted by atomic mass is 35.5. The molecular weight excluding hydrogens is 374 g/mol. The molecule has 6 heteroatoms. The Kier molecular flexibility index (Phi) is 8.12.